The van der Waals surface area contributed by atoms with Crippen molar-refractivity contribution in [2.24, 2.45) is 0 Å². The van der Waals surface area contributed by atoms with Gasteiger partial charge >= 0.3 is 12.1 Å². The minimum atomic E-state index is -0.590. The van der Waals surface area contributed by atoms with E-state index in [2.05, 4.69) is 0 Å². The smallest absolute Gasteiger partial charge is 0.411 e. The van der Waals surface area contributed by atoms with Gasteiger partial charge in [0.15, 0.2) is 0 Å². The lowest BCUT2D eigenvalue weighted by Gasteiger charge is -2.36. The molecule has 1 aromatic rings. The average molecular weight is 424 g/mol. The van der Waals surface area contributed by atoms with Crippen LogP contribution in [0.3, 0.4) is 0 Å². The van der Waals surface area contributed by atoms with Gasteiger partial charge in [-0.25, -0.2) is 9.59 Å². The van der Waals surface area contributed by atoms with Gasteiger partial charge in [-0.2, -0.15) is 0 Å². The summed E-state index contributed by atoms with van der Waals surface area (Å²) in [5.74, 6) is -0.0440. The molecule has 1 amide bonds. The Bertz CT molecular complexity index is 697. The van der Waals surface area contributed by atoms with Crippen LogP contribution in [0.25, 0.3) is 0 Å². The first-order chi connectivity index (χ1) is 14.1. The highest BCUT2D eigenvalue weighted by Gasteiger charge is 2.30. The van der Waals surface area contributed by atoms with Crippen molar-refractivity contribution < 1.29 is 28.5 Å². The van der Waals surface area contributed by atoms with Gasteiger partial charge in [0.2, 0.25) is 0 Å². The van der Waals surface area contributed by atoms with E-state index in [1.165, 1.54) is 7.11 Å². The largest absolute Gasteiger partial charge is 0.493 e. The van der Waals surface area contributed by atoms with Crippen LogP contribution in [0, 0.1) is 0 Å². The van der Waals surface area contributed by atoms with E-state index in [1.54, 1.807) is 24.1 Å². The van der Waals surface area contributed by atoms with E-state index in [4.69, 9.17) is 18.9 Å². The van der Waals surface area contributed by atoms with E-state index in [0.29, 0.717) is 30.9 Å². The number of esters is 1. The van der Waals surface area contributed by atoms with E-state index in [1.807, 2.05) is 47.6 Å². The van der Waals surface area contributed by atoms with Crippen molar-refractivity contribution in [1.29, 1.82) is 0 Å². The topological polar surface area (TPSA) is 74.3 Å². The number of nitrogens with zero attached hydrogens (tertiary/aromatic N) is 1. The fourth-order valence-corrected chi connectivity index (χ4v) is 2.97. The molecule has 0 heterocycles. The fraction of sp³-hybridized carbons (Fsp3) is 0.652. The molecule has 0 aromatic heterocycles. The van der Waals surface area contributed by atoms with Crippen LogP contribution in [0.5, 0.6) is 5.75 Å². The number of ether oxygens (including phenoxy) is 4. The number of carbonyl (C=O) groups is 2. The Kier molecular flexibility index (Phi) is 10.1. The zero-order valence-electron chi connectivity index (χ0n) is 19.6. The molecule has 0 N–H and O–H groups in total. The van der Waals surface area contributed by atoms with Gasteiger partial charge in [0, 0.05) is 26.2 Å². The molecule has 0 saturated heterocycles. The Morgan fingerprint density at radius 3 is 2.30 bits per heavy atom. The summed E-state index contributed by atoms with van der Waals surface area (Å²) in [7, 11) is 2.96. The lowest BCUT2D eigenvalue weighted by molar-refractivity contribution is 0.00773. The molecule has 170 valence electrons. The van der Waals surface area contributed by atoms with E-state index < -0.39 is 11.6 Å². The number of methoxy groups -OCH3 is 2. The molecule has 0 saturated carbocycles. The fourth-order valence-electron chi connectivity index (χ4n) is 2.97. The third kappa shape index (κ3) is 7.52. The predicted molar refractivity (Wildman–Crippen MR) is 116 cm³/mol. The molecule has 2 unspecified atom stereocenters. The van der Waals surface area contributed by atoms with Crippen LogP contribution in [-0.2, 0) is 14.2 Å². The molecule has 2 atom stereocenters. The summed E-state index contributed by atoms with van der Waals surface area (Å²) < 4.78 is 21.4. The van der Waals surface area contributed by atoms with Gasteiger partial charge in [0.25, 0.3) is 0 Å². The Morgan fingerprint density at radius 2 is 1.77 bits per heavy atom. The van der Waals surface area contributed by atoms with Crippen LogP contribution >= 0.6 is 0 Å². The van der Waals surface area contributed by atoms with Crippen molar-refractivity contribution in [3.8, 4) is 5.75 Å². The number of carbonyl (C=O) groups excluding carboxylic acids is 2. The van der Waals surface area contributed by atoms with Crippen molar-refractivity contribution in [2.75, 3.05) is 27.4 Å². The Hall–Kier alpha value is -2.28. The third-order valence-corrected chi connectivity index (χ3v) is 4.73. The second-order valence-corrected chi connectivity index (χ2v) is 8.26. The summed E-state index contributed by atoms with van der Waals surface area (Å²) in [6.07, 6.45) is 1.10. The second-order valence-electron chi connectivity index (χ2n) is 8.26. The summed E-state index contributed by atoms with van der Waals surface area (Å²) in [5.41, 5.74) is 0.598. The van der Waals surface area contributed by atoms with Crippen LogP contribution < -0.4 is 4.74 Å². The van der Waals surface area contributed by atoms with Gasteiger partial charge in [-0.15, -0.1) is 0 Å². The van der Waals surface area contributed by atoms with Crippen LogP contribution in [0.4, 0.5) is 4.79 Å². The van der Waals surface area contributed by atoms with Crippen molar-refractivity contribution in [3.63, 3.8) is 0 Å². The molecule has 1 rings (SSSR count). The van der Waals surface area contributed by atoms with Crippen molar-refractivity contribution in [3.05, 3.63) is 29.3 Å². The molecule has 0 aliphatic rings. The maximum Gasteiger partial charge on any atom is 0.411 e. The Balaban J connectivity index is 3.23. The van der Waals surface area contributed by atoms with Gasteiger partial charge in [0.1, 0.15) is 16.9 Å². The zero-order valence-corrected chi connectivity index (χ0v) is 19.6. The van der Waals surface area contributed by atoms with Crippen molar-refractivity contribution >= 4 is 12.1 Å². The third-order valence-electron chi connectivity index (χ3n) is 4.73. The average Bonchev–Trinajstić information content (AvgIpc) is 2.69. The quantitative estimate of drug-likeness (QED) is 0.390. The first-order valence-corrected chi connectivity index (χ1v) is 10.4. The molecule has 0 bridgehead atoms. The number of rotatable bonds is 10. The summed E-state index contributed by atoms with van der Waals surface area (Å²) in [5, 5.41) is 0. The number of benzene rings is 1. The molecule has 30 heavy (non-hydrogen) atoms. The summed E-state index contributed by atoms with van der Waals surface area (Å²) in [6.45, 7) is 12.5. The number of hydrogen-bond acceptors (Lipinski definition) is 6. The summed E-state index contributed by atoms with van der Waals surface area (Å²) in [6, 6.07) is 4.99. The van der Waals surface area contributed by atoms with Gasteiger partial charge in [0.05, 0.1) is 19.8 Å². The maximum absolute atomic E-state index is 12.9. The monoisotopic (exact) mass is 423 g/mol. The van der Waals surface area contributed by atoms with Crippen LogP contribution in [0.2, 0.25) is 0 Å². The van der Waals surface area contributed by atoms with E-state index >= 15 is 0 Å². The molecule has 7 heteroatoms. The molecule has 0 spiro atoms. The van der Waals surface area contributed by atoms with Crippen LogP contribution in [0.15, 0.2) is 18.2 Å². The van der Waals surface area contributed by atoms with Gasteiger partial charge in [-0.1, -0.05) is 13.0 Å². The first-order valence-electron chi connectivity index (χ1n) is 10.4. The normalized spacial score (nSPS) is 13.3. The minimum absolute atomic E-state index is 0.0267. The molecular formula is C23H37NO6. The maximum atomic E-state index is 12.9. The van der Waals surface area contributed by atoms with Gasteiger partial charge in [-0.05, 0) is 58.7 Å². The predicted octanol–water partition coefficient (Wildman–Crippen LogP) is 4.99. The Morgan fingerprint density at radius 1 is 1.10 bits per heavy atom. The van der Waals surface area contributed by atoms with E-state index in [9.17, 15) is 9.59 Å². The van der Waals surface area contributed by atoms with E-state index in [-0.39, 0.29) is 18.2 Å². The first kappa shape index (κ1) is 25.8. The highest BCUT2D eigenvalue weighted by molar-refractivity contribution is 5.92. The molecular weight excluding hydrogens is 386 g/mol. The molecule has 1 aromatic carbocycles. The molecule has 7 nitrogen and oxygen atoms in total. The molecule has 0 radical (unpaired) electrons. The van der Waals surface area contributed by atoms with Gasteiger partial charge in [-0.3, -0.25) is 4.90 Å². The molecule has 0 fully saturated rings. The van der Waals surface area contributed by atoms with Crippen molar-refractivity contribution in [2.45, 2.75) is 72.1 Å². The number of hydrogen-bond donors (Lipinski definition) is 0. The SMILES string of the molecule is CCC(C)N(C(=O)OC(C)(C)C)C(C)c1ccc(C(=O)OC)c(OCCCOC)c1. The minimum Gasteiger partial charge on any atom is -0.493 e. The summed E-state index contributed by atoms with van der Waals surface area (Å²) >= 11 is 0. The van der Waals surface area contributed by atoms with Gasteiger partial charge < -0.3 is 18.9 Å². The van der Waals surface area contributed by atoms with Crippen molar-refractivity contribution in [1.82, 2.24) is 4.90 Å². The van der Waals surface area contributed by atoms with E-state index in [0.717, 1.165) is 12.0 Å². The molecule has 0 aliphatic heterocycles. The van der Waals surface area contributed by atoms with Crippen LogP contribution in [0.1, 0.15) is 76.3 Å². The highest BCUT2D eigenvalue weighted by Crippen LogP contribution is 2.31. The zero-order chi connectivity index (χ0) is 22.9. The second kappa shape index (κ2) is 11.8. The Labute approximate surface area is 180 Å². The lowest BCUT2D eigenvalue weighted by Crippen LogP contribution is -2.43. The summed E-state index contributed by atoms with van der Waals surface area (Å²) in [4.78, 5) is 26.8. The highest BCUT2D eigenvalue weighted by atomic mass is 16.6. The molecule has 0 aliphatic carbocycles. The number of amides is 1. The lowest BCUT2D eigenvalue weighted by atomic mass is 10.0. The van der Waals surface area contributed by atoms with Crippen LogP contribution in [-0.4, -0.2) is 56.0 Å². The standard InChI is InChI=1S/C23H37NO6/c1-9-16(2)24(22(26)30-23(4,5)6)17(3)18-11-12-19(21(25)28-8)20(15-18)29-14-10-13-27-7/h11-12,15-17H,9-10,13-14H2,1-8H3.